The van der Waals surface area contributed by atoms with E-state index in [1.165, 1.54) is 42.4 Å². The number of benzene rings is 1. The number of carbonyl (C=O) groups excluding carboxylic acids is 1. The maximum atomic E-state index is 13.7. The molecule has 3 aliphatic rings. The first-order valence-electron chi connectivity index (χ1n) is 16.7. The zero-order valence-corrected chi connectivity index (χ0v) is 28.2. The number of carbonyl (C=O) groups is 1. The molecule has 0 bridgehead atoms. The van der Waals surface area contributed by atoms with Crippen molar-refractivity contribution in [3.05, 3.63) is 64.4 Å². The van der Waals surface area contributed by atoms with Gasteiger partial charge in [-0.1, -0.05) is 55.5 Å². The first-order valence-corrected chi connectivity index (χ1v) is 20.4. The number of piperidine rings is 1. The molecule has 2 aliphatic heterocycles. The summed E-state index contributed by atoms with van der Waals surface area (Å²) < 4.78 is 13.2. The van der Waals surface area contributed by atoms with Gasteiger partial charge < -0.3 is 19.2 Å². The number of Topliss-reactive ketones (excluding diaryl/α,β-unsaturated/α-hetero) is 1. The molecule has 3 heterocycles. The second kappa shape index (κ2) is 15.6. The van der Waals surface area contributed by atoms with Crippen LogP contribution < -0.4 is 0 Å². The monoisotopic (exact) mass is 617 g/mol. The number of morpholine rings is 1. The van der Waals surface area contributed by atoms with E-state index in [0.717, 1.165) is 76.9 Å². The Morgan fingerprint density at radius 3 is 2.52 bits per heavy atom. The molecule has 1 aliphatic carbocycles. The van der Waals surface area contributed by atoms with Crippen molar-refractivity contribution in [3.8, 4) is 0 Å². The van der Waals surface area contributed by atoms with E-state index in [-0.39, 0.29) is 24.8 Å². The molecule has 0 unspecified atom stereocenters. The van der Waals surface area contributed by atoms with Crippen LogP contribution in [0.5, 0.6) is 0 Å². The number of nitrogens with zero attached hydrogens (tertiary/aromatic N) is 5. The topological polar surface area (TPSA) is 64.2 Å². The summed E-state index contributed by atoms with van der Waals surface area (Å²) in [6, 6.07) is 7.90. The van der Waals surface area contributed by atoms with Gasteiger partial charge in [0.2, 0.25) is 5.78 Å². The minimum atomic E-state index is -1.22. The normalized spacial score (nSPS) is 19.1. The van der Waals surface area contributed by atoms with E-state index >= 15 is 0 Å². The summed E-state index contributed by atoms with van der Waals surface area (Å²) in [6.07, 6.45) is 11.2. The van der Waals surface area contributed by atoms with Gasteiger partial charge in [-0.25, -0.2) is 0 Å². The molecule has 8 nitrogen and oxygen atoms in total. The van der Waals surface area contributed by atoms with Crippen molar-refractivity contribution in [2.75, 3.05) is 59.1 Å². The SMILES string of the molecule is [C-]#[N+]c1cn(COCC[Si](C)(C)C)c(C(=O)Cc2ccc(C3CCN(CCN4CCOCC4)CC3)cc2C2=CCCCC2)n1. The smallest absolute Gasteiger partial charge is 0.288 e. The number of imidazole rings is 1. The van der Waals surface area contributed by atoms with Crippen LogP contribution >= 0.6 is 0 Å². The second-order valence-corrected chi connectivity index (χ2v) is 19.5. The molecule has 0 atom stereocenters. The zero-order valence-electron chi connectivity index (χ0n) is 27.2. The van der Waals surface area contributed by atoms with Crippen molar-refractivity contribution in [1.29, 1.82) is 0 Å². The lowest BCUT2D eigenvalue weighted by Crippen LogP contribution is -2.43. The molecular weight excluding hydrogens is 567 g/mol. The number of aromatic nitrogens is 2. The quantitative estimate of drug-likeness (QED) is 0.109. The van der Waals surface area contributed by atoms with Gasteiger partial charge in [0.25, 0.3) is 11.6 Å². The average molecular weight is 618 g/mol. The molecule has 5 rings (SSSR count). The van der Waals surface area contributed by atoms with Crippen LogP contribution in [-0.2, 0) is 22.6 Å². The molecule has 1 aromatic carbocycles. The molecule has 1 aromatic heterocycles. The number of hydrogen-bond acceptors (Lipinski definition) is 6. The number of likely N-dealkylation sites (tertiary alicyclic amines) is 1. The average Bonchev–Trinajstić information content (AvgIpc) is 3.47. The van der Waals surface area contributed by atoms with Crippen LogP contribution in [0.15, 0.2) is 30.5 Å². The highest BCUT2D eigenvalue weighted by atomic mass is 28.3. The van der Waals surface area contributed by atoms with E-state index in [9.17, 15) is 4.79 Å². The third kappa shape index (κ3) is 9.21. The van der Waals surface area contributed by atoms with E-state index in [1.807, 2.05) is 0 Å². The highest BCUT2D eigenvalue weighted by molar-refractivity contribution is 6.76. The van der Waals surface area contributed by atoms with Crippen molar-refractivity contribution < 1.29 is 14.3 Å². The number of ether oxygens (including phenoxy) is 2. The van der Waals surface area contributed by atoms with E-state index in [4.69, 9.17) is 16.0 Å². The van der Waals surface area contributed by atoms with Gasteiger partial charge in [0.15, 0.2) is 0 Å². The number of ketones is 1. The Kier molecular flexibility index (Phi) is 11.6. The Morgan fingerprint density at radius 1 is 1.09 bits per heavy atom. The van der Waals surface area contributed by atoms with Crippen LogP contribution in [0.2, 0.25) is 25.7 Å². The van der Waals surface area contributed by atoms with Gasteiger partial charge >= 0.3 is 0 Å². The maximum absolute atomic E-state index is 13.7. The van der Waals surface area contributed by atoms with Gasteiger partial charge in [0.05, 0.1) is 13.2 Å². The van der Waals surface area contributed by atoms with Crippen molar-refractivity contribution in [3.63, 3.8) is 0 Å². The van der Waals surface area contributed by atoms with E-state index in [2.05, 4.69) is 63.5 Å². The Hall–Kier alpha value is -2.61. The van der Waals surface area contributed by atoms with Crippen molar-refractivity contribution in [1.82, 2.24) is 19.4 Å². The lowest BCUT2D eigenvalue weighted by Gasteiger charge is -2.35. The molecule has 0 radical (unpaired) electrons. The maximum Gasteiger partial charge on any atom is 0.288 e. The fraction of sp³-hybridized carbons (Fsp3) is 0.629. The Bertz CT molecular complexity index is 1330. The number of rotatable bonds is 13. The summed E-state index contributed by atoms with van der Waals surface area (Å²) in [5.74, 6) is 1.05. The van der Waals surface area contributed by atoms with Gasteiger partial charge in [0.1, 0.15) is 6.73 Å². The van der Waals surface area contributed by atoms with Crippen LogP contribution in [0.1, 0.15) is 71.8 Å². The molecule has 2 aromatic rings. The summed E-state index contributed by atoms with van der Waals surface area (Å²) in [6.45, 7) is 23.7. The molecule has 238 valence electrons. The van der Waals surface area contributed by atoms with Crippen molar-refractivity contribution >= 4 is 25.2 Å². The van der Waals surface area contributed by atoms with Crippen LogP contribution in [0.25, 0.3) is 10.4 Å². The molecule has 9 heteroatoms. The van der Waals surface area contributed by atoms with Gasteiger partial charge in [-0.2, -0.15) is 0 Å². The minimum absolute atomic E-state index is 0.0623. The summed E-state index contributed by atoms with van der Waals surface area (Å²) in [5.41, 5.74) is 5.08. The lowest BCUT2D eigenvalue weighted by atomic mass is 9.83. The predicted octanol–water partition coefficient (Wildman–Crippen LogP) is 6.64. The van der Waals surface area contributed by atoms with Gasteiger partial charge in [0, 0.05) is 53.5 Å². The first kappa shape index (κ1) is 32.8. The fourth-order valence-corrected chi connectivity index (χ4v) is 7.31. The molecule has 2 saturated heterocycles. The third-order valence-corrected chi connectivity index (χ3v) is 11.1. The third-order valence-electron chi connectivity index (χ3n) is 9.37. The summed E-state index contributed by atoms with van der Waals surface area (Å²) in [5, 5.41) is 0. The van der Waals surface area contributed by atoms with Crippen LogP contribution in [0.4, 0.5) is 5.82 Å². The summed E-state index contributed by atoms with van der Waals surface area (Å²) >= 11 is 0. The lowest BCUT2D eigenvalue weighted by molar-refractivity contribution is 0.0321. The Morgan fingerprint density at radius 2 is 1.84 bits per heavy atom. The molecule has 0 saturated carbocycles. The Balaban J connectivity index is 1.26. The van der Waals surface area contributed by atoms with E-state index < -0.39 is 8.07 Å². The Labute approximate surface area is 265 Å². The standard InChI is InChI=1S/C35H51N5O3Si/c1-36-34-26-40(27-43-22-23-44(2,3)4)35(37-34)33(41)25-31-11-10-30(24-32(31)29-8-6-5-7-9-29)28-12-14-38(15-13-28)16-17-39-18-20-42-21-19-39/h8,10-11,24,26,28H,5-7,9,12-23,25,27H2,2-4H3. The van der Waals surface area contributed by atoms with Crippen LogP contribution in [0, 0.1) is 6.57 Å². The second-order valence-electron chi connectivity index (χ2n) is 13.9. The fourth-order valence-electron chi connectivity index (χ4n) is 6.55. The zero-order chi connectivity index (χ0) is 30.9. The molecule has 0 spiro atoms. The summed E-state index contributed by atoms with van der Waals surface area (Å²) in [7, 11) is -1.22. The van der Waals surface area contributed by atoms with Crippen LogP contribution in [-0.4, -0.2) is 92.3 Å². The molecule has 44 heavy (non-hydrogen) atoms. The number of hydrogen-bond donors (Lipinski definition) is 0. The highest BCUT2D eigenvalue weighted by Gasteiger charge is 2.26. The van der Waals surface area contributed by atoms with Crippen molar-refractivity contribution in [2.24, 2.45) is 0 Å². The van der Waals surface area contributed by atoms with Gasteiger partial charge in [-0.3, -0.25) is 14.3 Å². The first-order chi connectivity index (χ1) is 21.3. The van der Waals surface area contributed by atoms with Gasteiger partial charge in [-0.15, -0.1) is 0 Å². The predicted molar refractivity (Wildman–Crippen MR) is 179 cm³/mol. The van der Waals surface area contributed by atoms with E-state index in [0.29, 0.717) is 18.3 Å². The molecule has 0 N–H and O–H groups in total. The molecular formula is C35H51N5O3Si. The van der Waals surface area contributed by atoms with Crippen molar-refractivity contribution in [2.45, 2.75) is 83.3 Å². The molecule has 2 fully saturated rings. The van der Waals surface area contributed by atoms with Crippen LogP contribution in [0.3, 0.4) is 0 Å². The minimum Gasteiger partial charge on any atom is -0.379 e. The highest BCUT2D eigenvalue weighted by Crippen LogP contribution is 2.35. The largest absolute Gasteiger partial charge is 0.379 e. The number of allylic oxidation sites excluding steroid dienone is 2. The van der Waals surface area contributed by atoms with E-state index in [1.54, 1.807) is 10.8 Å². The van der Waals surface area contributed by atoms with Gasteiger partial charge in [-0.05, 0) is 85.8 Å². The summed E-state index contributed by atoms with van der Waals surface area (Å²) in [4.78, 5) is 26.8. The molecule has 0 amide bonds.